The van der Waals surface area contributed by atoms with Crippen LogP contribution in [-0.2, 0) is 0 Å². The Morgan fingerprint density at radius 2 is 2.69 bits per heavy atom. The second-order valence-corrected chi connectivity index (χ2v) is 3.14. The van der Waals surface area contributed by atoms with Gasteiger partial charge in [0.25, 0.3) is 5.91 Å². The van der Waals surface area contributed by atoms with E-state index in [-0.39, 0.29) is 11.9 Å². The fourth-order valence-electron chi connectivity index (χ4n) is 0.749. The minimum atomic E-state index is -0.281. The molecule has 1 atom stereocenters. The van der Waals surface area contributed by atoms with Crippen molar-refractivity contribution in [3.8, 4) is 6.07 Å². The molecule has 0 bridgehead atoms. The van der Waals surface area contributed by atoms with E-state index in [2.05, 4.69) is 14.9 Å². The maximum atomic E-state index is 11.3. The van der Waals surface area contributed by atoms with E-state index in [4.69, 9.17) is 5.26 Å². The third-order valence-electron chi connectivity index (χ3n) is 1.37. The standard InChI is InChI=1S/C7H8N4OS/c1-5(2-3-8)9-7(12)6-4-13-11-10-6/h4-5H,2H2,1H3,(H,9,12). The van der Waals surface area contributed by atoms with E-state index in [0.29, 0.717) is 12.1 Å². The number of hydrogen-bond acceptors (Lipinski definition) is 5. The molecule has 0 spiro atoms. The van der Waals surface area contributed by atoms with Crippen LogP contribution >= 0.6 is 11.5 Å². The van der Waals surface area contributed by atoms with Gasteiger partial charge >= 0.3 is 0 Å². The lowest BCUT2D eigenvalue weighted by Crippen LogP contribution is -2.32. The van der Waals surface area contributed by atoms with Crippen LogP contribution in [0.2, 0.25) is 0 Å². The lowest BCUT2D eigenvalue weighted by molar-refractivity contribution is 0.0936. The summed E-state index contributed by atoms with van der Waals surface area (Å²) in [5.41, 5.74) is 0.301. The van der Waals surface area contributed by atoms with Gasteiger partial charge in [-0.25, -0.2) is 0 Å². The van der Waals surface area contributed by atoms with Crippen molar-refractivity contribution in [3.05, 3.63) is 11.1 Å². The van der Waals surface area contributed by atoms with Crippen LogP contribution in [0.15, 0.2) is 5.38 Å². The Morgan fingerprint density at radius 1 is 1.92 bits per heavy atom. The Labute approximate surface area is 79.5 Å². The molecule has 1 heterocycles. The van der Waals surface area contributed by atoms with Crippen LogP contribution < -0.4 is 5.32 Å². The summed E-state index contributed by atoms with van der Waals surface area (Å²) in [6.45, 7) is 1.76. The van der Waals surface area contributed by atoms with Gasteiger partial charge in [0.05, 0.1) is 12.5 Å². The quantitative estimate of drug-likeness (QED) is 0.766. The maximum absolute atomic E-state index is 11.3. The first-order valence-electron chi connectivity index (χ1n) is 3.69. The second-order valence-electron chi connectivity index (χ2n) is 2.53. The largest absolute Gasteiger partial charge is 0.347 e. The minimum absolute atomic E-state index is 0.154. The van der Waals surface area contributed by atoms with Crippen molar-refractivity contribution in [3.63, 3.8) is 0 Å². The van der Waals surface area contributed by atoms with Crippen molar-refractivity contribution in [1.29, 1.82) is 5.26 Å². The molecule has 1 unspecified atom stereocenters. The molecule has 0 aromatic carbocycles. The average Bonchev–Trinajstić information content (AvgIpc) is 2.55. The summed E-state index contributed by atoms with van der Waals surface area (Å²) in [5.74, 6) is -0.281. The van der Waals surface area contributed by atoms with Gasteiger partial charge in [-0.05, 0) is 18.5 Å². The molecule has 1 rings (SSSR count). The highest BCUT2D eigenvalue weighted by molar-refractivity contribution is 7.03. The zero-order valence-corrected chi connectivity index (χ0v) is 7.84. The Kier molecular flexibility index (Phi) is 3.34. The molecule has 68 valence electrons. The van der Waals surface area contributed by atoms with E-state index in [9.17, 15) is 4.79 Å². The van der Waals surface area contributed by atoms with E-state index in [0.717, 1.165) is 11.5 Å². The van der Waals surface area contributed by atoms with Gasteiger partial charge in [-0.1, -0.05) is 4.49 Å². The number of rotatable bonds is 3. The normalized spacial score (nSPS) is 11.7. The minimum Gasteiger partial charge on any atom is -0.347 e. The topological polar surface area (TPSA) is 78.7 Å². The molecule has 5 nitrogen and oxygen atoms in total. The van der Waals surface area contributed by atoms with Crippen LogP contribution in [0.25, 0.3) is 0 Å². The van der Waals surface area contributed by atoms with Gasteiger partial charge in [-0.3, -0.25) is 4.79 Å². The lowest BCUT2D eigenvalue weighted by Gasteiger charge is -2.07. The van der Waals surface area contributed by atoms with Crippen LogP contribution in [0.5, 0.6) is 0 Å². The molecular weight excluding hydrogens is 188 g/mol. The van der Waals surface area contributed by atoms with Gasteiger partial charge in [0.15, 0.2) is 5.69 Å². The number of amides is 1. The molecule has 0 aliphatic carbocycles. The van der Waals surface area contributed by atoms with Crippen molar-refractivity contribution in [2.75, 3.05) is 0 Å². The van der Waals surface area contributed by atoms with Crippen molar-refractivity contribution >= 4 is 17.4 Å². The fraction of sp³-hybridized carbons (Fsp3) is 0.429. The van der Waals surface area contributed by atoms with Crippen molar-refractivity contribution < 1.29 is 4.79 Å². The third kappa shape index (κ3) is 2.80. The van der Waals surface area contributed by atoms with Gasteiger partial charge in [0, 0.05) is 11.4 Å². The molecule has 0 aliphatic rings. The first kappa shape index (κ1) is 9.61. The molecule has 6 heteroatoms. The van der Waals surface area contributed by atoms with Crippen LogP contribution in [0.3, 0.4) is 0 Å². The van der Waals surface area contributed by atoms with E-state index >= 15 is 0 Å². The number of nitrogens with zero attached hydrogens (tertiary/aromatic N) is 3. The molecule has 1 N–H and O–H groups in total. The summed E-state index contributed by atoms with van der Waals surface area (Å²) >= 11 is 1.12. The first-order chi connectivity index (χ1) is 6.24. The molecule has 1 aromatic heterocycles. The molecule has 0 radical (unpaired) electrons. The highest BCUT2D eigenvalue weighted by Gasteiger charge is 2.11. The van der Waals surface area contributed by atoms with Crippen LogP contribution in [0.4, 0.5) is 0 Å². The number of carbonyl (C=O) groups is 1. The van der Waals surface area contributed by atoms with Crippen LogP contribution in [0, 0.1) is 11.3 Å². The zero-order valence-electron chi connectivity index (χ0n) is 7.02. The SMILES string of the molecule is CC(CC#N)NC(=O)c1csnn1. The molecule has 13 heavy (non-hydrogen) atoms. The molecule has 0 saturated carbocycles. The fourth-order valence-corrected chi connectivity index (χ4v) is 1.19. The van der Waals surface area contributed by atoms with Gasteiger partial charge < -0.3 is 5.32 Å². The number of nitrogens with one attached hydrogen (secondary N) is 1. The lowest BCUT2D eigenvalue weighted by atomic mass is 10.2. The van der Waals surface area contributed by atoms with Gasteiger partial charge in [0.1, 0.15) is 0 Å². The molecule has 0 saturated heterocycles. The number of hydrogen-bond donors (Lipinski definition) is 1. The third-order valence-corrected chi connectivity index (χ3v) is 1.87. The maximum Gasteiger partial charge on any atom is 0.272 e. The molecule has 0 fully saturated rings. The Balaban J connectivity index is 2.48. The number of aromatic nitrogens is 2. The van der Waals surface area contributed by atoms with Gasteiger partial charge in [0.2, 0.25) is 0 Å². The average molecular weight is 196 g/mol. The van der Waals surface area contributed by atoms with Crippen molar-refractivity contribution in [2.45, 2.75) is 19.4 Å². The molecular formula is C7H8N4OS. The molecule has 1 aromatic rings. The highest BCUT2D eigenvalue weighted by atomic mass is 32.1. The summed E-state index contributed by atoms with van der Waals surface area (Å²) in [6.07, 6.45) is 0.295. The predicted molar refractivity (Wildman–Crippen MR) is 47.1 cm³/mol. The van der Waals surface area contributed by atoms with Crippen LogP contribution in [0.1, 0.15) is 23.8 Å². The first-order valence-corrected chi connectivity index (χ1v) is 4.52. The second kappa shape index (κ2) is 4.52. The van der Waals surface area contributed by atoms with E-state index in [1.807, 2.05) is 6.07 Å². The Morgan fingerprint density at radius 3 is 3.23 bits per heavy atom. The van der Waals surface area contributed by atoms with Gasteiger partial charge in [-0.2, -0.15) is 5.26 Å². The summed E-state index contributed by atoms with van der Waals surface area (Å²) in [6, 6.07) is 1.82. The number of nitriles is 1. The van der Waals surface area contributed by atoms with Crippen molar-refractivity contribution in [1.82, 2.24) is 14.9 Å². The highest BCUT2D eigenvalue weighted by Crippen LogP contribution is 1.98. The summed E-state index contributed by atoms with van der Waals surface area (Å²) < 4.78 is 3.56. The number of carbonyl (C=O) groups excluding carboxylic acids is 1. The monoisotopic (exact) mass is 196 g/mol. The van der Waals surface area contributed by atoms with Crippen molar-refractivity contribution in [2.24, 2.45) is 0 Å². The smallest absolute Gasteiger partial charge is 0.272 e. The Bertz CT molecular complexity index is 316. The van der Waals surface area contributed by atoms with Crippen LogP contribution in [-0.4, -0.2) is 21.5 Å². The van der Waals surface area contributed by atoms with E-state index in [1.54, 1.807) is 12.3 Å². The van der Waals surface area contributed by atoms with E-state index < -0.39 is 0 Å². The predicted octanol–water partition coefficient (Wildman–Crippen LogP) is 0.570. The zero-order chi connectivity index (χ0) is 9.68. The van der Waals surface area contributed by atoms with Gasteiger partial charge in [-0.15, -0.1) is 5.10 Å². The molecule has 1 amide bonds. The summed E-state index contributed by atoms with van der Waals surface area (Å²) in [7, 11) is 0. The molecule has 0 aliphatic heterocycles. The summed E-state index contributed by atoms with van der Waals surface area (Å²) in [4.78, 5) is 11.3. The Hall–Kier alpha value is -1.48. The summed E-state index contributed by atoms with van der Waals surface area (Å²) in [5, 5.41) is 16.1. The van der Waals surface area contributed by atoms with E-state index in [1.165, 1.54) is 0 Å².